The van der Waals surface area contributed by atoms with E-state index in [4.69, 9.17) is 4.74 Å². The summed E-state index contributed by atoms with van der Waals surface area (Å²) in [5.74, 6) is -2.49. The van der Waals surface area contributed by atoms with Crippen LogP contribution in [0.3, 0.4) is 0 Å². The molecule has 0 aliphatic carbocycles. The Labute approximate surface area is 178 Å². The smallest absolute Gasteiger partial charge is 0.265 e. The minimum atomic E-state index is -2.77. The molecule has 2 aliphatic heterocycles. The predicted molar refractivity (Wildman–Crippen MR) is 112 cm³/mol. The van der Waals surface area contributed by atoms with Crippen LogP contribution in [0.1, 0.15) is 42.6 Å². The maximum Gasteiger partial charge on any atom is 0.265 e. The Kier molecular flexibility index (Phi) is 4.39. The lowest BCUT2D eigenvalue weighted by Gasteiger charge is -2.35. The van der Waals surface area contributed by atoms with Crippen molar-refractivity contribution in [3.05, 3.63) is 47.9 Å². The van der Waals surface area contributed by atoms with E-state index in [0.717, 1.165) is 5.56 Å². The van der Waals surface area contributed by atoms with Crippen molar-refractivity contribution in [1.29, 1.82) is 0 Å². The molecule has 1 fully saturated rings. The van der Waals surface area contributed by atoms with E-state index in [0.29, 0.717) is 47.7 Å². The van der Waals surface area contributed by atoms with Crippen LogP contribution in [0.2, 0.25) is 0 Å². The first-order valence-electron chi connectivity index (χ1n) is 10.3. The van der Waals surface area contributed by atoms with Crippen molar-refractivity contribution in [3.63, 3.8) is 0 Å². The van der Waals surface area contributed by atoms with Gasteiger partial charge >= 0.3 is 0 Å². The molecule has 162 valence electrons. The number of halogens is 2. The molecule has 31 heavy (non-hydrogen) atoms. The van der Waals surface area contributed by atoms with Gasteiger partial charge in [-0.3, -0.25) is 4.79 Å². The number of piperidine rings is 1. The van der Waals surface area contributed by atoms with E-state index in [-0.39, 0.29) is 12.0 Å². The molecule has 1 saturated heterocycles. The number of benzene rings is 1. The zero-order valence-electron chi connectivity index (χ0n) is 17.4. The van der Waals surface area contributed by atoms with Crippen molar-refractivity contribution in [1.82, 2.24) is 14.6 Å². The van der Waals surface area contributed by atoms with Gasteiger partial charge in [0.2, 0.25) is 0 Å². The number of fused-ring (bicyclic) bond motifs is 2. The van der Waals surface area contributed by atoms with E-state index in [1.54, 1.807) is 29.4 Å². The van der Waals surface area contributed by atoms with Crippen LogP contribution in [0, 0.1) is 0 Å². The van der Waals surface area contributed by atoms with Gasteiger partial charge in [0, 0.05) is 43.4 Å². The minimum absolute atomic E-state index is 0.131. The van der Waals surface area contributed by atoms with Crippen LogP contribution in [0.15, 0.2) is 36.8 Å². The van der Waals surface area contributed by atoms with Crippen LogP contribution in [0.4, 0.5) is 20.2 Å². The third-order valence-electron chi connectivity index (χ3n) is 5.69. The number of nitrogens with zero attached hydrogens (tertiary/aromatic N) is 4. The Hall–Kier alpha value is -3.23. The zero-order valence-corrected chi connectivity index (χ0v) is 17.4. The number of hydrogen-bond donors (Lipinski definition) is 1. The highest BCUT2D eigenvalue weighted by molar-refractivity contribution is 6.09. The molecule has 7 nitrogen and oxygen atoms in total. The predicted octanol–water partition coefficient (Wildman–Crippen LogP) is 3.93. The van der Waals surface area contributed by atoms with Gasteiger partial charge in [0.1, 0.15) is 16.9 Å². The number of hydrogen-bond acceptors (Lipinski definition) is 5. The first-order chi connectivity index (χ1) is 14.7. The Balaban J connectivity index is 1.53. The number of alkyl halides is 2. The fourth-order valence-electron chi connectivity index (χ4n) is 4.35. The van der Waals surface area contributed by atoms with E-state index in [9.17, 15) is 13.6 Å². The number of carbonyl (C=O) groups excluding carboxylic acids is 1. The van der Waals surface area contributed by atoms with Gasteiger partial charge in [0.05, 0.1) is 24.1 Å². The summed E-state index contributed by atoms with van der Waals surface area (Å²) in [6, 6.07) is 5.33. The summed E-state index contributed by atoms with van der Waals surface area (Å²) in [5.41, 5.74) is 2.31. The topological polar surface area (TPSA) is 71.8 Å². The molecule has 5 rings (SSSR count). The summed E-state index contributed by atoms with van der Waals surface area (Å²) in [4.78, 5) is 18.9. The van der Waals surface area contributed by atoms with Crippen LogP contribution in [-0.2, 0) is 6.42 Å². The van der Waals surface area contributed by atoms with Crippen LogP contribution in [0.25, 0.3) is 5.65 Å². The summed E-state index contributed by atoms with van der Waals surface area (Å²) < 4.78 is 35.8. The lowest BCUT2D eigenvalue weighted by atomic mass is 10.00. The number of carbonyl (C=O) groups is 1. The second-order valence-corrected chi connectivity index (χ2v) is 8.80. The van der Waals surface area contributed by atoms with Crippen molar-refractivity contribution >= 4 is 22.9 Å². The highest BCUT2D eigenvalue weighted by Crippen LogP contribution is 2.43. The van der Waals surface area contributed by atoms with Crippen molar-refractivity contribution in [2.75, 3.05) is 23.3 Å². The van der Waals surface area contributed by atoms with E-state index in [1.165, 1.54) is 10.7 Å². The quantitative estimate of drug-likeness (QED) is 0.686. The molecule has 0 spiro atoms. The molecule has 0 bridgehead atoms. The lowest BCUT2D eigenvalue weighted by molar-refractivity contribution is -0.0116. The average molecular weight is 427 g/mol. The monoisotopic (exact) mass is 427 g/mol. The minimum Gasteiger partial charge on any atom is -0.487 e. The van der Waals surface area contributed by atoms with Crippen molar-refractivity contribution in [3.8, 4) is 5.75 Å². The molecule has 0 atom stereocenters. The maximum absolute atomic E-state index is 14.1. The molecule has 1 aromatic carbocycles. The second kappa shape index (κ2) is 6.90. The zero-order chi connectivity index (χ0) is 21.8. The molecule has 3 aromatic rings. The largest absolute Gasteiger partial charge is 0.487 e. The highest BCUT2D eigenvalue weighted by Gasteiger charge is 2.38. The number of aromatic nitrogens is 3. The van der Waals surface area contributed by atoms with Gasteiger partial charge in [0.15, 0.2) is 5.65 Å². The maximum atomic E-state index is 14.1. The van der Waals surface area contributed by atoms with E-state index in [1.807, 2.05) is 19.9 Å². The Morgan fingerprint density at radius 3 is 2.94 bits per heavy atom. The molecule has 0 radical (unpaired) electrons. The molecule has 2 aliphatic rings. The van der Waals surface area contributed by atoms with Crippen molar-refractivity contribution < 1.29 is 18.3 Å². The van der Waals surface area contributed by atoms with Crippen LogP contribution >= 0.6 is 0 Å². The molecule has 0 saturated carbocycles. The number of anilines is 2. The third-order valence-corrected chi connectivity index (χ3v) is 5.69. The molecule has 0 unspecified atom stereocenters. The highest BCUT2D eigenvalue weighted by atomic mass is 19.3. The number of nitrogens with one attached hydrogen (secondary N) is 1. The molecule has 4 heterocycles. The fourth-order valence-corrected chi connectivity index (χ4v) is 4.35. The third kappa shape index (κ3) is 3.68. The first-order valence-corrected chi connectivity index (χ1v) is 10.3. The summed E-state index contributed by atoms with van der Waals surface area (Å²) in [6.45, 7) is 4.05. The number of amides is 1. The standard InChI is InChI=1S/C22H23F2N5O2/c1-21(2)11-14-9-16(27-20(30)15-12-26-29-8-4-6-25-19(15)29)17(10-18(14)31-21)28-7-3-5-22(23,24)13-28/h4,6,8-10,12H,3,5,7,11,13H2,1-2H3,(H,27,30). The lowest BCUT2D eigenvalue weighted by Crippen LogP contribution is -2.43. The summed E-state index contributed by atoms with van der Waals surface area (Å²) in [6.07, 6.45) is 5.65. The number of rotatable bonds is 3. The van der Waals surface area contributed by atoms with Gasteiger partial charge < -0.3 is 15.0 Å². The summed E-state index contributed by atoms with van der Waals surface area (Å²) in [5, 5.41) is 7.07. The Bertz CT molecular complexity index is 1170. The van der Waals surface area contributed by atoms with E-state index in [2.05, 4.69) is 15.4 Å². The Morgan fingerprint density at radius 2 is 2.13 bits per heavy atom. The fraction of sp³-hybridized carbons (Fsp3) is 0.409. The van der Waals surface area contributed by atoms with Gasteiger partial charge in [-0.1, -0.05) is 0 Å². The van der Waals surface area contributed by atoms with Crippen LogP contribution in [-0.4, -0.2) is 45.1 Å². The van der Waals surface area contributed by atoms with Gasteiger partial charge in [-0.05, 0) is 32.4 Å². The molecule has 2 aromatic heterocycles. The molecule has 1 amide bonds. The molecule has 1 N–H and O–H groups in total. The average Bonchev–Trinajstić information content (AvgIpc) is 3.25. The van der Waals surface area contributed by atoms with Crippen LogP contribution < -0.4 is 15.0 Å². The number of ether oxygens (including phenoxy) is 1. The summed E-state index contributed by atoms with van der Waals surface area (Å²) in [7, 11) is 0. The van der Waals surface area contributed by atoms with E-state index >= 15 is 0 Å². The molecule has 9 heteroatoms. The van der Waals surface area contributed by atoms with Gasteiger partial charge in [-0.25, -0.2) is 18.3 Å². The normalized spacial score (nSPS) is 19.2. The van der Waals surface area contributed by atoms with Crippen molar-refractivity contribution in [2.24, 2.45) is 0 Å². The van der Waals surface area contributed by atoms with Crippen LogP contribution in [0.5, 0.6) is 5.75 Å². The van der Waals surface area contributed by atoms with Gasteiger partial charge in [-0.2, -0.15) is 5.10 Å². The second-order valence-electron chi connectivity index (χ2n) is 8.80. The van der Waals surface area contributed by atoms with E-state index < -0.39 is 18.4 Å². The van der Waals surface area contributed by atoms with Crippen molar-refractivity contribution in [2.45, 2.75) is 44.6 Å². The van der Waals surface area contributed by atoms with Gasteiger partial charge in [-0.15, -0.1) is 0 Å². The first kappa shape index (κ1) is 19.7. The molecular formula is C22H23F2N5O2. The molecular weight excluding hydrogens is 404 g/mol. The van der Waals surface area contributed by atoms with Gasteiger partial charge in [0.25, 0.3) is 11.8 Å². The Morgan fingerprint density at radius 1 is 1.29 bits per heavy atom. The summed E-state index contributed by atoms with van der Waals surface area (Å²) >= 11 is 0. The SMILES string of the molecule is CC1(C)Cc2cc(NC(=O)c3cnn4cccnc34)c(N3CCCC(F)(F)C3)cc2O1.